The molecule has 3 heterocycles. The number of rotatable bonds is 4. The molecule has 0 spiro atoms. The third-order valence-electron chi connectivity index (χ3n) is 3.51. The SMILES string of the molecule is Cc1noc(C)c1S(=O)(=O)N1CC[C@H](Oc2cccnn2)C1. The molecule has 0 N–H and O–H groups in total. The summed E-state index contributed by atoms with van der Waals surface area (Å²) in [7, 11) is -3.62. The van der Waals surface area contributed by atoms with Gasteiger partial charge >= 0.3 is 0 Å². The molecule has 0 unspecified atom stereocenters. The van der Waals surface area contributed by atoms with Crippen LogP contribution in [0.5, 0.6) is 5.88 Å². The molecule has 3 rings (SSSR count). The van der Waals surface area contributed by atoms with Crippen molar-refractivity contribution in [1.29, 1.82) is 0 Å². The molecule has 118 valence electrons. The van der Waals surface area contributed by atoms with Crippen molar-refractivity contribution in [3.63, 3.8) is 0 Å². The number of hydrogen-bond donors (Lipinski definition) is 0. The highest BCUT2D eigenvalue weighted by molar-refractivity contribution is 7.89. The summed E-state index contributed by atoms with van der Waals surface area (Å²) in [4.78, 5) is 0.146. The fourth-order valence-corrected chi connectivity index (χ4v) is 4.28. The highest BCUT2D eigenvalue weighted by Crippen LogP contribution is 2.27. The molecule has 2 aromatic heterocycles. The van der Waals surface area contributed by atoms with Crippen molar-refractivity contribution in [3.05, 3.63) is 29.8 Å². The Hall–Kier alpha value is -2.00. The Morgan fingerprint density at radius 2 is 2.23 bits per heavy atom. The molecule has 0 aliphatic carbocycles. The van der Waals surface area contributed by atoms with Gasteiger partial charge in [-0.1, -0.05) is 5.16 Å². The van der Waals surface area contributed by atoms with E-state index in [0.717, 1.165) is 0 Å². The van der Waals surface area contributed by atoms with Crippen molar-refractivity contribution >= 4 is 10.0 Å². The lowest BCUT2D eigenvalue weighted by atomic mass is 10.3. The molecule has 0 radical (unpaired) electrons. The molecule has 0 amide bonds. The number of hydrogen-bond acceptors (Lipinski definition) is 7. The largest absolute Gasteiger partial charge is 0.472 e. The second kappa shape index (κ2) is 5.65. The zero-order chi connectivity index (χ0) is 15.7. The van der Waals surface area contributed by atoms with Gasteiger partial charge in [-0.25, -0.2) is 8.42 Å². The first kappa shape index (κ1) is 14.9. The van der Waals surface area contributed by atoms with Crippen molar-refractivity contribution in [2.75, 3.05) is 13.1 Å². The smallest absolute Gasteiger partial charge is 0.248 e. The van der Waals surface area contributed by atoms with E-state index >= 15 is 0 Å². The van der Waals surface area contributed by atoms with Crippen molar-refractivity contribution in [1.82, 2.24) is 19.7 Å². The van der Waals surface area contributed by atoms with E-state index in [0.29, 0.717) is 30.3 Å². The molecule has 1 fully saturated rings. The molecule has 0 aromatic carbocycles. The number of aryl methyl sites for hydroxylation is 2. The normalized spacial score (nSPS) is 19.5. The van der Waals surface area contributed by atoms with E-state index in [4.69, 9.17) is 9.26 Å². The Morgan fingerprint density at radius 3 is 2.86 bits per heavy atom. The molecular formula is C13H16N4O4S. The molecule has 1 atom stereocenters. The Morgan fingerprint density at radius 1 is 1.41 bits per heavy atom. The van der Waals surface area contributed by atoms with Crippen LogP contribution >= 0.6 is 0 Å². The van der Waals surface area contributed by atoms with Crippen molar-refractivity contribution in [2.45, 2.75) is 31.3 Å². The topological polar surface area (TPSA) is 98.4 Å². The summed E-state index contributed by atoms with van der Waals surface area (Å²) in [6.07, 6.45) is 1.90. The first-order valence-corrected chi connectivity index (χ1v) is 8.30. The number of sulfonamides is 1. The number of nitrogens with zero attached hydrogens (tertiary/aromatic N) is 4. The van der Waals surface area contributed by atoms with E-state index in [1.807, 2.05) is 0 Å². The van der Waals surface area contributed by atoms with Crippen LogP contribution < -0.4 is 4.74 Å². The van der Waals surface area contributed by atoms with Gasteiger partial charge in [-0.05, 0) is 26.3 Å². The summed E-state index contributed by atoms with van der Waals surface area (Å²) >= 11 is 0. The predicted molar refractivity (Wildman–Crippen MR) is 75.8 cm³/mol. The van der Waals surface area contributed by atoms with Gasteiger partial charge in [0.25, 0.3) is 0 Å². The van der Waals surface area contributed by atoms with Crippen LogP contribution in [0.15, 0.2) is 27.7 Å². The molecule has 9 heteroatoms. The summed E-state index contributed by atoms with van der Waals surface area (Å²) in [5.41, 5.74) is 0.371. The van der Waals surface area contributed by atoms with E-state index in [9.17, 15) is 8.42 Å². The minimum Gasteiger partial charge on any atom is -0.472 e. The number of aromatic nitrogens is 3. The van der Waals surface area contributed by atoms with Crippen LogP contribution in [-0.4, -0.2) is 47.3 Å². The third-order valence-corrected chi connectivity index (χ3v) is 5.62. The second-order valence-electron chi connectivity index (χ2n) is 5.11. The fourth-order valence-electron chi connectivity index (χ4n) is 2.51. The second-order valence-corrected chi connectivity index (χ2v) is 6.98. The quantitative estimate of drug-likeness (QED) is 0.824. The molecule has 2 aromatic rings. The Bertz CT molecular complexity index is 740. The minimum absolute atomic E-state index is 0.146. The van der Waals surface area contributed by atoms with Crippen LogP contribution in [0.25, 0.3) is 0 Å². The van der Waals surface area contributed by atoms with Gasteiger partial charge < -0.3 is 9.26 Å². The average Bonchev–Trinajstić information content (AvgIpc) is 3.08. The van der Waals surface area contributed by atoms with Crippen molar-refractivity contribution in [2.24, 2.45) is 0 Å². The van der Waals surface area contributed by atoms with Crippen LogP contribution in [0.4, 0.5) is 0 Å². The zero-order valence-corrected chi connectivity index (χ0v) is 13.1. The summed E-state index contributed by atoms with van der Waals surface area (Å²) in [6, 6.07) is 3.41. The van der Waals surface area contributed by atoms with Crippen LogP contribution in [0, 0.1) is 13.8 Å². The Labute approximate surface area is 128 Å². The van der Waals surface area contributed by atoms with Gasteiger partial charge in [0.15, 0.2) is 5.76 Å². The first-order chi connectivity index (χ1) is 10.5. The van der Waals surface area contributed by atoms with Crippen LogP contribution in [0.1, 0.15) is 17.9 Å². The highest BCUT2D eigenvalue weighted by Gasteiger charge is 2.37. The van der Waals surface area contributed by atoms with E-state index in [2.05, 4.69) is 15.4 Å². The molecule has 1 aliphatic rings. The van der Waals surface area contributed by atoms with Crippen molar-refractivity contribution in [3.8, 4) is 5.88 Å². The molecule has 1 saturated heterocycles. The predicted octanol–water partition coefficient (Wildman–Crippen LogP) is 0.923. The van der Waals surface area contributed by atoms with Gasteiger partial charge in [-0.2, -0.15) is 9.40 Å². The first-order valence-electron chi connectivity index (χ1n) is 6.86. The molecule has 0 saturated carbocycles. The maximum absolute atomic E-state index is 12.7. The molecule has 0 bridgehead atoms. The Kier molecular flexibility index (Phi) is 3.83. The Balaban J connectivity index is 1.75. The summed E-state index contributed by atoms with van der Waals surface area (Å²) in [6.45, 7) is 3.86. The molecule has 22 heavy (non-hydrogen) atoms. The van der Waals surface area contributed by atoms with E-state index in [-0.39, 0.29) is 17.5 Å². The van der Waals surface area contributed by atoms with Crippen LogP contribution in [0.3, 0.4) is 0 Å². The summed E-state index contributed by atoms with van der Waals surface area (Å²) < 4.78 is 37.4. The summed E-state index contributed by atoms with van der Waals surface area (Å²) in [5, 5.41) is 11.3. The van der Waals surface area contributed by atoms with Gasteiger partial charge in [0.1, 0.15) is 16.7 Å². The van der Waals surface area contributed by atoms with Crippen molar-refractivity contribution < 1.29 is 17.7 Å². The van der Waals surface area contributed by atoms with E-state index in [1.165, 1.54) is 4.31 Å². The number of ether oxygens (including phenoxy) is 1. The lowest BCUT2D eigenvalue weighted by Crippen LogP contribution is -2.31. The lowest BCUT2D eigenvalue weighted by molar-refractivity contribution is 0.204. The van der Waals surface area contributed by atoms with E-state index in [1.54, 1.807) is 32.2 Å². The maximum Gasteiger partial charge on any atom is 0.248 e. The highest BCUT2D eigenvalue weighted by atomic mass is 32.2. The van der Waals surface area contributed by atoms with E-state index < -0.39 is 10.0 Å². The molecule has 8 nitrogen and oxygen atoms in total. The fraction of sp³-hybridized carbons (Fsp3) is 0.462. The van der Waals surface area contributed by atoms with Gasteiger partial charge in [-0.3, -0.25) is 0 Å². The standard InChI is InChI=1S/C13H16N4O4S/c1-9-13(10(2)21-16-9)22(18,19)17-7-5-11(8-17)20-12-4-3-6-14-15-12/h3-4,6,11H,5,7-8H2,1-2H3/t11-/m0/s1. The lowest BCUT2D eigenvalue weighted by Gasteiger charge is -2.16. The van der Waals surface area contributed by atoms with Crippen LogP contribution in [0.2, 0.25) is 0 Å². The van der Waals surface area contributed by atoms with Gasteiger partial charge in [0.05, 0.1) is 6.54 Å². The average molecular weight is 324 g/mol. The molecular weight excluding hydrogens is 308 g/mol. The zero-order valence-electron chi connectivity index (χ0n) is 12.3. The van der Waals surface area contributed by atoms with Crippen LogP contribution in [-0.2, 0) is 10.0 Å². The monoisotopic (exact) mass is 324 g/mol. The van der Waals surface area contributed by atoms with Gasteiger partial charge in [-0.15, -0.1) is 5.10 Å². The third kappa shape index (κ3) is 2.69. The maximum atomic E-state index is 12.7. The minimum atomic E-state index is -3.62. The molecule has 1 aliphatic heterocycles. The van der Waals surface area contributed by atoms with Gasteiger partial charge in [0, 0.05) is 18.8 Å². The van der Waals surface area contributed by atoms with Gasteiger partial charge in [0.2, 0.25) is 15.9 Å². The summed E-state index contributed by atoms with van der Waals surface area (Å²) in [5.74, 6) is 0.694.